The number of benzene rings is 1. The van der Waals surface area contributed by atoms with Crippen molar-refractivity contribution < 1.29 is 0 Å². The highest BCUT2D eigenvalue weighted by atomic mass is 32.1. The van der Waals surface area contributed by atoms with Crippen LogP contribution in [0.2, 0.25) is 0 Å². The maximum Gasteiger partial charge on any atom is 0.150 e. The fourth-order valence-electron chi connectivity index (χ4n) is 5.01. The summed E-state index contributed by atoms with van der Waals surface area (Å²) in [5.41, 5.74) is 1.02. The molecule has 0 atom stereocenters. The number of hydrogen-bond donors (Lipinski definition) is 1. The molecule has 2 aromatic heterocycles. The number of rotatable bonds is 6. The fraction of sp³-hybridized carbons (Fsp3) is 0.480. The van der Waals surface area contributed by atoms with E-state index >= 15 is 0 Å². The number of aromatic nitrogens is 2. The summed E-state index contributed by atoms with van der Waals surface area (Å²) in [6.45, 7) is 5.67. The van der Waals surface area contributed by atoms with E-state index in [1.807, 2.05) is 18.3 Å². The Morgan fingerprint density at radius 1 is 1.03 bits per heavy atom. The van der Waals surface area contributed by atoms with Gasteiger partial charge in [0.25, 0.3) is 0 Å². The molecule has 3 aromatic rings. The molecule has 3 heterocycles. The monoisotopic (exact) mass is 465 g/mol. The Balaban J connectivity index is 1.03. The molecule has 1 aromatic carbocycles. The van der Waals surface area contributed by atoms with Gasteiger partial charge in [-0.15, -0.1) is 0 Å². The molecule has 1 N–H and O–H groups in total. The first-order valence-electron chi connectivity index (χ1n) is 11.8. The highest BCUT2D eigenvalue weighted by Crippen LogP contribution is 2.30. The molecule has 0 spiro atoms. The number of anilines is 1. The second-order valence-electron chi connectivity index (χ2n) is 9.05. The first-order valence-corrected chi connectivity index (χ1v) is 13.0. The van der Waals surface area contributed by atoms with Crippen LogP contribution in [0.4, 0.5) is 5.82 Å². The van der Waals surface area contributed by atoms with Crippen molar-refractivity contribution in [3.8, 4) is 0 Å². The summed E-state index contributed by atoms with van der Waals surface area (Å²) >= 11 is 7.19. The third kappa shape index (κ3) is 5.11. The van der Waals surface area contributed by atoms with Crippen LogP contribution in [0.3, 0.4) is 0 Å². The lowest BCUT2D eigenvalue weighted by Crippen LogP contribution is -2.47. The van der Waals surface area contributed by atoms with Gasteiger partial charge in [-0.3, -0.25) is 9.88 Å². The third-order valence-corrected chi connectivity index (χ3v) is 8.16. The van der Waals surface area contributed by atoms with E-state index in [4.69, 9.17) is 16.6 Å². The van der Waals surface area contributed by atoms with Gasteiger partial charge in [-0.05, 0) is 80.4 Å². The van der Waals surface area contributed by atoms with E-state index in [9.17, 15) is 0 Å². The standard InChI is InChI=1S/C25H31N5S2/c31-25(20-4-3-12-26-18-20)27-21-9-7-19(8-10-21)11-13-29-14-16-30(17-15-29)24-22-5-1-2-6-23(22)32-28-24/h1-6,12,18-19,21H,7-11,13-17H2,(H,27,31). The smallest absolute Gasteiger partial charge is 0.150 e. The van der Waals surface area contributed by atoms with E-state index in [-0.39, 0.29) is 0 Å². The molecule has 1 saturated carbocycles. The maximum absolute atomic E-state index is 5.57. The number of nitrogens with zero attached hydrogens (tertiary/aromatic N) is 4. The Bertz CT molecular complexity index is 1020. The molecule has 0 radical (unpaired) electrons. The summed E-state index contributed by atoms with van der Waals surface area (Å²) in [5, 5.41) is 4.87. The number of nitrogens with one attached hydrogen (secondary N) is 1. The maximum atomic E-state index is 5.57. The zero-order valence-electron chi connectivity index (χ0n) is 18.4. The summed E-state index contributed by atoms with van der Waals surface area (Å²) in [7, 11) is 0. The van der Waals surface area contributed by atoms with E-state index in [0.717, 1.165) is 42.6 Å². The van der Waals surface area contributed by atoms with Crippen molar-refractivity contribution in [2.75, 3.05) is 37.6 Å². The lowest BCUT2D eigenvalue weighted by atomic mass is 9.84. The van der Waals surface area contributed by atoms with Crippen molar-refractivity contribution in [1.29, 1.82) is 0 Å². The summed E-state index contributed by atoms with van der Waals surface area (Å²) in [5.74, 6) is 2.03. The van der Waals surface area contributed by atoms with Crippen molar-refractivity contribution in [2.24, 2.45) is 5.92 Å². The largest absolute Gasteiger partial charge is 0.373 e. The van der Waals surface area contributed by atoms with E-state index in [1.165, 1.54) is 54.6 Å². The summed E-state index contributed by atoms with van der Waals surface area (Å²) in [6.07, 6.45) is 10.00. The average molecular weight is 466 g/mol. The molecule has 0 unspecified atom stereocenters. The molecule has 168 valence electrons. The van der Waals surface area contributed by atoms with Crippen molar-refractivity contribution in [2.45, 2.75) is 38.1 Å². The predicted octanol–water partition coefficient (Wildman–Crippen LogP) is 4.73. The minimum atomic E-state index is 0.510. The minimum Gasteiger partial charge on any atom is -0.373 e. The second kappa shape index (κ2) is 10.2. The molecule has 2 aliphatic rings. The Morgan fingerprint density at radius 2 is 1.84 bits per heavy atom. The number of pyridine rings is 1. The van der Waals surface area contributed by atoms with E-state index in [0.29, 0.717) is 6.04 Å². The van der Waals surface area contributed by atoms with Crippen molar-refractivity contribution in [3.05, 3.63) is 54.4 Å². The van der Waals surface area contributed by atoms with Crippen LogP contribution in [-0.4, -0.2) is 58.0 Å². The number of piperazine rings is 1. The lowest BCUT2D eigenvalue weighted by molar-refractivity contribution is 0.214. The quantitative estimate of drug-likeness (QED) is 0.531. The SMILES string of the molecule is S=C(NC1CCC(CCN2CCN(c3nsc4ccccc34)CC2)CC1)c1cccnc1. The first kappa shape index (κ1) is 21.7. The normalized spacial score (nSPS) is 22.2. The molecule has 5 rings (SSSR count). The molecule has 2 fully saturated rings. The van der Waals surface area contributed by atoms with Crippen LogP contribution in [0.1, 0.15) is 37.7 Å². The van der Waals surface area contributed by atoms with Crippen molar-refractivity contribution in [1.82, 2.24) is 19.6 Å². The van der Waals surface area contributed by atoms with Gasteiger partial charge in [0.05, 0.1) is 4.70 Å². The molecule has 7 heteroatoms. The van der Waals surface area contributed by atoms with Gasteiger partial charge >= 0.3 is 0 Å². The van der Waals surface area contributed by atoms with E-state index in [1.54, 1.807) is 17.7 Å². The Kier molecular flexibility index (Phi) is 6.95. The highest BCUT2D eigenvalue weighted by molar-refractivity contribution is 7.80. The van der Waals surface area contributed by atoms with Gasteiger partial charge in [0.2, 0.25) is 0 Å². The zero-order chi connectivity index (χ0) is 21.8. The summed E-state index contributed by atoms with van der Waals surface area (Å²) in [6, 6.07) is 13.1. The van der Waals surface area contributed by atoms with E-state index in [2.05, 4.69) is 44.4 Å². The predicted molar refractivity (Wildman–Crippen MR) is 138 cm³/mol. The Morgan fingerprint density at radius 3 is 2.62 bits per heavy atom. The van der Waals surface area contributed by atoms with Crippen LogP contribution in [-0.2, 0) is 0 Å². The second-order valence-corrected chi connectivity index (χ2v) is 10.3. The number of thiocarbonyl (C=S) groups is 1. The summed E-state index contributed by atoms with van der Waals surface area (Å²) in [4.78, 5) is 10.1. The van der Waals surface area contributed by atoms with Crippen LogP contribution < -0.4 is 10.2 Å². The Labute approximate surface area is 200 Å². The lowest BCUT2D eigenvalue weighted by Gasteiger charge is -2.36. The molecule has 0 amide bonds. The van der Waals surface area contributed by atoms with Crippen molar-refractivity contribution in [3.63, 3.8) is 0 Å². The van der Waals surface area contributed by atoms with Crippen LogP contribution in [0.25, 0.3) is 10.1 Å². The zero-order valence-corrected chi connectivity index (χ0v) is 20.1. The van der Waals surface area contributed by atoms with Crippen LogP contribution in [0.5, 0.6) is 0 Å². The third-order valence-electron chi connectivity index (χ3n) is 6.99. The molecule has 1 aliphatic carbocycles. The molecule has 5 nitrogen and oxygen atoms in total. The molecule has 32 heavy (non-hydrogen) atoms. The van der Waals surface area contributed by atoms with Gasteiger partial charge in [0.15, 0.2) is 0 Å². The highest BCUT2D eigenvalue weighted by Gasteiger charge is 2.24. The molecule has 0 bridgehead atoms. The van der Waals surface area contributed by atoms with Gasteiger partial charge in [0.1, 0.15) is 10.8 Å². The average Bonchev–Trinajstić information content (AvgIpc) is 3.29. The number of hydrogen-bond acceptors (Lipinski definition) is 6. The Hall–Kier alpha value is -2.09. The molecular formula is C25H31N5S2. The van der Waals surface area contributed by atoms with E-state index < -0.39 is 0 Å². The van der Waals surface area contributed by atoms with Gasteiger partial charge in [-0.25, -0.2) is 0 Å². The van der Waals surface area contributed by atoms with Gasteiger partial charge in [0, 0.05) is 55.6 Å². The van der Waals surface area contributed by atoms with Gasteiger partial charge in [-0.1, -0.05) is 24.4 Å². The molecule has 1 saturated heterocycles. The molecule has 1 aliphatic heterocycles. The molecular weight excluding hydrogens is 434 g/mol. The van der Waals surface area contributed by atoms with Crippen LogP contribution in [0, 0.1) is 5.92 Å². The number of fused-ring (bicyclic) bond motifs is 1. The topological polar surface area (TPSA) is 44.3 Å². The van der Waals surface area contributed by atoms with Crippen LogP contribution >= 0.6 is 23.8 Å². The van der Waals surface area contributed by atoms with Crippen LogP contribution in [0.15, 0.2) is 48.8 Å². The first-order chi connectivity index (χ1) is 15.8. The van der Waals surface area contributed by atoms with Crippen molar-refractivity contribution >= 4 is 44.6 Å². The summed E-state index contributed by atoms with van der Waals surface area (Å²) < 4.78 is 6.03. The van der Waals surface area contributed by atoms with Gasteiger partial charge < -0.3 is 10.2 Å². The van der Waals surface area contributed by atoms with Gasteiger partial charge in [-0.2, -0.15) is 4.37 Å². The minimum absolute atomic E-state index is 0.510. The fourth-order valence-corrected chi connectivity index (χ4v) is 6.09.